The van der Waals surface area contributed by atoms with Gasteiger partial charge in [-0.05, 0) is 24.3 Å². The van der Waals surface area contributed by atoms with Gasteiger partial charge in [0.05, 0.1) is 9.95 Å². The Bertz CT molecular complexity index is 730. The Hall–Kier alpha value is -2.72. The fraction of sp³-hybridized carbons (Fsp3) is 0. The lowest BCUT2D eigenvalue weighted by atomic mass is 10.3. The fourth-order valence-corrected chi connectivity index (χ4v) is 1.65. The van der Waals surface area contributed by atoms with Crippen LogP contribution in [-0.4, -0.2) is 9.91 Å². The molecule has 0 amide bonds. The maximum atomic E-state index is 13.0. The Morgan fingerprint density at radius 2 is 2.15 bits per heavy atom. The second-order valence-electron chi connectivity index (χ2n) is 3.69. The minimum atomic E-state index is -0.690. The lowest BCUT2D eigenvalue weighted by Crippen LogP contribution is -1.99. The van der Waals surface area contributed by atoms with Crippen LogP contribution in [0.1, 0.15) is 5.69 Å². The standard InChI is InChI=1S/C12H6ClFN4O2/c13-8-5-7(1-2-9(8)14)16-12-4-3-11(18(19)20)10(6-15)17-12/h1-5H,(H,16,17). The average Bonchev–Trinajstić information content (AvgIpc) is 2.42. The van der Waals surface area contributed by atoms with Gasteiger partial charge in [-0.1, -0.05) is 11.6 Å². The van der Waals surface area contributed by atoms with Crippen LogP contribution in [0.4, 0.5) is 21.6 Å². The molecule has 2 aromatic rings. The van der Waals surface area contributed by atoms with Crippen LogP contribution in [0.25, 0.3) is 0 Å². The highest BCUT2D eigenvalue weighted by Gasteiger charge is 2.15. The van der Waals surface area contributed by atoms with Gasteiger partial charge in [-0.25, -0.2) is 9.37 Å². The maximum absolute atomic E-state index is 13.0. The number of pyridine rings is 1. The van der Waals surface area contributed by atoms with Crippen molar-refractivity contribution >= 4 is 28.8 Å². The first-order valence-corrected chi connectivity index (χ1v) is 5.66. The molecule has 0 saturated carbocycles. The van der Waals surface area contributed by atoms with E-state index < -0.39 is 10.7 Å². The second-order valence-corrected chi connectivity index (χ2v) is 4.09. The minimum Gasteiger partial charge on any atom is -0.340 e. The van der Waals surface area contributed by atoms with Gasteiger partial charge in [-0.15, -0.1) is 0 Å². The van der Waals surface area contributed by atoms with Crippen molar-refractivity contribution in [2.45, 2.75) is 0 Å². The molecule has 0 aliphatic rings. The van der Waals surface area contributed by atoms with E-state index in [-0.39, 0.29) is 22.2 Å². The molecule has 0 saturated heterocycles. The van der Waals surface area contributed by atoms with E-state index >= 15 is 0 Å². The second kappa shape index (κ2) is 5.50. The average molecular weight is 293 g/mol. The van der Waals surface area contributed by atoms with Crippen molar-refractivity contribution in [2.24, 2.45) is 0 Å². The molecule has 0 fully saturated rings. The summed E-state index contributed by atoms with van der Waals surface area (Å²) < 4.78 is 13.0. The number of aromatic nitrogens is 1. The molecular formula is C12H6ClFN4O2. The molecule has 0 bridgehead atoms. The first-order valence-electron chi connectivity index (χ1n) is 5.29. The molecule has 0 unspecified atom stereocenters. The largest absolute Gasteiger partial charge is 0.340 e. The molecule has 1 aromatic heterocycles. The summed E-state index contributed by atoms with van der Waals surface area (Å²) in [6.07, 6.45) is 0. The number of anilines is 2. The lowest BCUT2D eigenvalue weighted by Gasteiger charge is -2.06. The lowest BCUT2D eigenvalue weighted by molar-refractivity contribution is -0.385. The van der Waals surface area contributed by atoms with Gasteiger partial charge in [-0.2, -0.15) is 5.26 Å². The van der Waals surface area contributed by atoms with E-state index in [0.29, 0.717) is 5.69 Å². The van der Waals surface area contributed by atoms with Crippen molar-refractivity contribution in [3.05, 3.63) is 57.0 Å². The molecule has 100 valence electrons. The summed E-state index contributed by atoms with van der Waals surface area (Å²) in [7, 11) is 0. The number of benzene rings is 1. The molecule has 1 N–H and O–H groups in total. The van der Waals surface area contributed by atoms with Crippen LogP contribution >= 0.6 is 11.6 Å². The van der Waals surface area contributed by atoms with Crippen molar-refractivity contribution in [2.75, 3.05) is 5.32 Å². The van der Waals surface area contributed by atoms with E-state index in [4.69, 9.17) is 16.9 Å². The zero-order valence-corrected chi connectivity index (χ0v) is 10.6. The molecule has 20 heavy (non-hydrogen) atoms. The van der Waals surface area contributed by atoms with Gasteiger partial charge in [-0.3, -0.25) is 10.1 Å². The van der Waals surface area contributed by atoms with E-state index in [1.165, 1.54) is 30.3 Å². The topological polar surface area (TPSA) is 91.8 Å². The molecule has 2 rings (SSSR count). The Balaban J connectivity index is 2.32. The predicted molar refractivity (Wildman–Crippen MR) is 70.3 cm³/mol. The highest BCUT2D eigenvalue weighted by atomic mass is 35.5. The zero-order chi connectivity index (χ0) is 14.7. The van der Waals surface area contributed by atoms with Crippen LogP contribution in [-0.2, 0) is 0 Å². The van der Waals surface area contributed by atoms with Crippen molar-refractivity contribution in [3.63, 3.8) is 0 Å². The molecule has 0 radical (unpaired) electrons. The molecule has 0 spiro atoms. The predicted octanol–water partition coefficient (Wildman–Crippen LogP) is 3.40. The first-order chi connectivity index (χ1) is 9.51. The number of nitro groups is 1. The molecule has 8 heteroatoms. The Morgan fingerprint density at radius 3 is 2.75 bits per heavy atom. The first kappa shape index (κ1) is 13.7. The monoisotopic (exact) mass is 292 g/mol. The van der Waals surface area contributed by atoms with Crippen molar-refractivity contribution in [3.8, 4) is 6.07 Å². The van der Waals surface area contributed by atoms with Gasteiger partial charge in [0.15, 0.2) is 0 Å². The van der Waals surface area contributed by atoms with Crippen LogP contribution < -0.4 is 5.32 Å². The molecule has 0 aliphatic carbocycles. The van der Waals surface area contributed by atoms with Gasteiger partial charge in [0, 0.05) is 11.8 Å². The summed E-state index contributed by atoms with van der Waals surface area (Å²) in [6.45, 7) is 0. The summed E-state index contributed by atoms with van der Waals surface area (Å²) in [5.41, 5.74) is -0.245. The van der Waals surface area contributed by atoms with Crippen molar-refractivity contribution in [1.82, 2.24) is 4.98 Å². The number of rotatable bonds is 3. The quantitative estimate of drug-likeness (QED) is 0.691. The van der Waals surface area contributed by atoms with E-state index in [1.807, 2.05) is 0 Å². The number of hydrogen-bond donors (Lipinski definition) is 1. The van der Waals surface area contributed by atoms with Gasteiger partial charge in [0.1, 0.15) is 17.7 Å². The Labute approximate surface area is 117 Å². The number of hydrogen-bond acceptors (Lipinski definition) is 5. The van der Waals surface area contributed by atoms with Crippen LogP contribution in [0.2, 0.25) is 5.02 Å². The van der Waals surface area contributed by atoms with Gasteiger partial charge >= 0.3 is 5.69 Å². The summed E-state index contributed by atoms with van der Waals surface area (Å²) in [5.74, 6) is -0.346. The van der Waals surface area contributed by atoms with Crippen LogP contribution in [0, 0.1) is 27.3 Å². The highest BCUT2D eigenvalue weighted by Crippen LogP contribution is 2.24. The number of nitriles is 1. The number of nitrogens with one attached hydrogen (secondary N) is 1. The third-order valence-corrected chi connectivity index (χ3v) is 2.66. The molecule has 1 heterocycles. The summed E-state index contributed by atoms with van der Waals surface area (Å²) >= 11 is 5.63. The molecule has 0 aliphatic heterocycles. The van der Waals surface area contributed by atoms with Crippen molar-refractivity contribution < 1.29 is 9.31 Å². The minimum absolute atomic E-state index is 0.0718. The van der Waals surface area contributed by atoms with Crippen LogP contribution in [0.3, 0.4) is 0 Å². The molecular weight excluding hydrogens is 287 g/mol. The number of halogens is 2. The van der Waals surface area contributed by atoms with Gasteiger partial charge in [0.2, 0.25) is 5.69 Å². The summed E-state index contributed by atoms with van der Waals surface area (Å²) in [4.78, 5) is 13.8. The third kappa shape index (κ3) is 2.81. The van der Waals surface area contributed by atoms with Crippen LogP contribution in [0.5, 0.6) is 0 Å². The van der Waals surface area contributed by atoms with E-state index in [0.717, 1.165) is 0 Å². The summed E-state index contributed by atoms with van der Waals surface area (Å²) in [5, 5.41) is 22.2. The molecule has 0 atom stereocenters. The van der Waals surface area contributed by atoms with Gasteiger partial charge in [0.25, 0.3) is 0 Å². The Kier molecular flexibility index (Phi) is 3.77. The maximum Gasteiger partial charge on any atom is 0.305 e. The fourth-order valence-electron chi connectivity index (χ4n) is 1.47. The molecule has 6 nitrogen and oxygen atoms in total. The van der Waals surface area contributed by atoms with Crippen molar-refractivity contribution in [1.29, 1.82) is 5.26 Å². The normalized spacial score (nSPS) is 9.85. The van der Waals surface area contributed by atoms with E-state index in [9.17, 15) is 14.5 Å². The zero-order valence-electron chi connectivity index (χ0n) is 9.80. The SMILES string of the molecule is N#Cc1nc(Nc2ccc(F)c(Cl)c2)ccc1[N+](=O)[O-]. The van der Waals surface area contributed by atoms with E-state index in [1.54, 1.807) is 6.07 Å². The van der Waals surface area contributed by atoms with Gasteiger partial charge < -0.3 is 5.32 Å². The highest BCUT2D eigenvalue weighted by molar-refractivity contribution is 6.31. The van der Waals surface area contributed by atoms with Crippen LogP contribution in [0.15, 0.2) is 30.3 Å². The smallest absolute Gasteiger partial charge is 0.305 e. The third-order valence-electron chi connectivity index (χ3n) is 2.37. The summed E-state index contributed by atoms with van der Waals surface area (Å²) in [6, 6.07) is 8.09. The van der Waals surface area contributed by atoms with E-state index in [2.05, 4.69) is 10.3 Å². The number of nitrogens with zero attached hydrogens (tertiary/aromatic N) is 3. The molecule has 1 aromatic carbocycles. The Morgan fingerprint density at radius 1 is 1.40 bits per heavy atom.